The summed E-state index contributed by atoms with van der Waals surface area (Å²) in [6.45, 7) is 0.667. The third-order valence-corrected chi connectivity index (χ3v) is 2.78. The fraction of sp³-hybridized carbons (Fsp3) is 0.333. The minimum Gasteiger partial charge on any atom is -0.353 e. The molecule has 18 heavy (non-hydrogen) atoms. The number of hydrogen-bond acceptors (Lipinski definition) is 2. The van der Waals surface area contributed by atoms with E-state index in [0.717, 1.165) is 12.1 Å². The zero-order valence-corrected chi connectivity index (χ0v) is 9.58. The minimum absolute atomic E-state index is 0.0606. The average Bonchev–Trinajstić information content (AvgIpc) is 2.34. The van der Waals surface area contributed by atoms with E-state index in [1.807, 2.05) is 0 Å². The summed E-state index contributed by atoms with van der Waals surface area (Å²) >= 11 is 0. The topological polar surface area (TPSA) is 49.4 Å². The van der Waals surface area contributed by atoms with Gasteiger partial charge >= 0.3 is 0 Å². The van der Waals surface area contributed by atoms with E-state index in [9.17, 15) is 18.4 Å². The van der Waals surface area contributed by atoms with Gasteiger partial charge in [0.1, 0.15) is 11.6 Å². The SMILES string of the molecule is O=C1CN(C(=O)Cc2c(F)cccc2F)CCN1. The number of carbonyl (C=O) groups excluding carboxylic acids is 2. The van der Waals surface area contributed by atoms with Crippen LogP contribution in [0.5, 0.6) is 0 Å². The first-order valence-electron chi connectivity index (χ1n) is 5.55. The Hall–Kier alpha value is -1.98. The smallest absolute Gasteiger partial charge is 0.239 e. The molecule has 0 saturated carbocycles. The third kappa shape index (κ3) is 2.64. The van der Waals surface area contributed by atoms with Crippen molar-refractivity contribution in [1.29, 1.82) is 0 Å². The van der Waals surface area contributed by atoms with E-state index in [0.29, 0.717) is 13.1 Å². The Morgan fingerprint density at radius 1 is 1.33 bits per heavy atom. The molecule has 0 spiro atoms. The maximum atomic E-state index is 13.4. The summed E-state index contributed by atoms with van der Waals surface area (Å²) in [6.07, 6.45) is -0.369. The molecule has 1 aliphatic rings. The average molecular weight is 254 g/mol. The molecule has 1 heterocycles. The van der Waals surface area contributed by atoms with Crippen LogP contribution in [0.4, 0.5) is 8.78 Å². The molecule has 0 bridgehead atoms. The van der Waals surface area contributed by atoms with E-state index in [1.165, 1.54) is 11.0 Å². The van der Waals surface area contributed by atoms with E-state index in [-0.39, 0.29) is 24.4 Å². The normalized spacial score (nSPS) is 15.4. The van der Waals surface area contributed by atoms with Crippen LogP contribution in [-0.4, -0.2) is 36.3 Å². The lowest BCUT2D eigenvalue weighted by molar-refractivity contribution is -0.137. The van der Waals surface area contributed by atoms with E-state index in [4.69, 9.17) is 0 Å². The predicted octanol–water partition coefficient (Wildman–Crippen LogP) is 0.466. The maximum absolute atomic E-state index is 13.4. The predicted molar refractivity (Wildman–Crippen MR) is 59.7 cm³/mol. The number of carbonyl (C=O) groups is 2. The molecular formula is C12H12F2N2O2. The first-order chi connectivity index (χ1) is 8.58. The molecule has 0 atom stereocenters. The third-order valence-electron chi connectivity index (χ3n) is 2.78. The Morgan fingerprint density at radius 3 is 2.61 bits per heavy atom. The zero-order chi connectivity index (χ0) is 13.1. The van der Waals surface area contributed by atoms with Gasteiger partial charge in [-0.15, -0.1) is 0 Å². The van der Waals surface area contributed by atoms with Gasteiger partial charge < -0.3 is 10.2 Å². The second-order valence-corrected chi connectivity index (χ2v) is 4.04. The second kappa shape index (κ2) is 5.12. The van der Waals surface area contributed by atoms with Crippen molar-refractivity contribution in [2.24, 2.45) is 0 Å². The summed E-state index contributed by atoms with van der Waals surface area (Å²) in [6, 6.07) is 3.45. The van der Waals surface area contributed by atoms with Crippen LogP contribution in [0, 0.1) is 11.6 Å². The number of nitrogens with one attached hydrogen (secondary N) is 1. The van der Waals surface area contributed by atoms with Gasteiger partial charge in [0.25, 0.3) is 0 Å². The molecule has 0 aromatic heterocycles. The molecular weight excluding hydrogens is 242 g/mol. The summed E-state index contributed by atoms with van der Waals surface area (Å²) in [4.78, 5) is 24.2. The number of amides is 2. The number of halogens is 2. The molecule has 1 N–H and O–H groups in total. The number of nitrogens with zero attached hydrogens (tertiary/aromatic N) is 1. The molecule has 1 saturated heterocycles. The monoisotopic (exact) mass is 254 g/mol. The van der Waals surface area contributed by atoms with Crippen LogP contribution in [0.25, 0.3) is 0 Å². The van der Waals surface area contributed by atoms with Crippen molar-refractivity contribution < 1.29 is 18.4 Å². The fourth-order valence-electron chi connectivity index (χ4n) is 1.82. The Kier molecular flexibility index (Phi) is 3.55. The lowest BCUT2D eigenvalue weighted by atomic mass is 10.1. The first-order valence-corrected chi connectivity index (χ1v) is 5.55. The van der Waals surface area contributed by atoms with Crippen LogP contribution in [-0.2, 0) is 16.0 Å². The van der Waals surface area contributed by atoms with Gasteiger partial charge in [0.15, 0.2) is 0 Å². The van der Waals surface area contributed by atoms with Crippen molar-refractivity contribution in [3.05, 3.63) is 35.4 Å². The molecule has 4 nitrogen and oxygen atoms in total. The molecule has 1 fully saturated rings. The summed E-state index contributed by atoms with van der Waals surface area (Å²) in [7, 11) is 0. The van der Waals surface area contributed by atoms with E-state index in [2.05, 4.69) is 5.32 Å². The Morgan fingerprint density at radius 2 is 2.00 bits per heavy atom. The van der Waals surface area contributed by atoms with Crippen LogP contribution in [0.1, 0.15) is 5.56 Å². The van der Waals surface area contributed by atoms with Crippen LogP contribution in [0.3, 0.4) is 0 Å². The van der Waals surface area contributed by atoms with Crippen molar-refractivity contribution in [2.75, 3.05) is 19.6 Å². The summed E-state index contributed by atoms with van der Waals surface area (Å²) in [5, 5.41) is 2.57. The molecule has 1 aliphatic heterocycles. The van der Waals surface area contributed by atoms with Crippen LogP contribution < -0.4 is 5.32 Å². The van der Waals surface area contributed by atoms with Gasteiger partial charge in [-0.05, 0) is 12.1 Å². The van der Waals surface area contributed by atoms with Crippen molar-refractivity contribution in [3.63, 3.8) is 0 Å². The molecule has 6 heteroatoms. The molecule has 0 aliphatic carbocycles. The highest BCUT2D eigenvalue weighted by molar-refractivity contribution is 5.86. The number of hydrogen-bond donors (Lipinski definition) is 1. The van der Waals surface area contributed by atoms with Gasteiger partial charge in [-0.1, -0.05) is 6.07 Å². The van der Waals surface area contributed by atoms with Crippen LogP contribution >= 0.6 is 0 Å². The molecule has 2 rings (SSSR count). The van der Waals surface area contributed by atoms with Crippen molar-refractivity contribution in [1.82, 2.24) is 10.2 Å². The number of rotatable bonds is 2. The number of piperazine rings is 1. The lowest BCUT2D eigenvalue weighted by Crippen LogP contribution is -2.50. The Bertz CT molecular complexity index is 471. The molecule has 2 amide bonds. The molecule has 1 aromatic rings. The summed E-state index contributed by atoms with van der Waals surface area (Å²) in [5.74, 6) is -2.20. The highest BCUT2D eigenvalue weighted by Crippen LogP contribution is 2.14. The van der Waals surface area contributed by atoms with E-state index < -0.39 is 17.5 Å². The van der Waals surface area contributed by atoms with Gasteiger partial charge in [-0.25, -0.2) is 8.78 Å². The van der Waals surface area contributed by atoms with E-state index >= 15 is 0 Å². The van der Waals surface area contributed by atoms with Crippen LogP contribution in [0.15, 0.2) is 18.2 Å². The zero-order valence-electron chi connectivity index (χ0n) is 9.58. The van der Waals surface area contributed by atoms with Crippen molar-refractivity contribution in [2.45, 2.75) is 6.42 Å². The lowest BCUT2D eigenvalue weighted by Gasteiger charge is -2.26. The standard InChI is InChI=1S/C12H12F2N2O2/c13-9-2-1-3-10(14)8(9)6-12(18)16-5-4-15-11(17)7-16/h1-3H,4-7H2,(H,15,17). The molecule has 0 radical (unpaired) electrons. The molecule has 1 aromatic carbocycles. The van der Waals surface area contributed by atoms with Gasteiger partial charge in [0, 0.05) is 18.7 Å². The maximum Gasteiger partial charge on any atom is 0.239 e. The summed E-state index contributed by atoms with van der Waals surface area (Å²) < 4.78 is 26.7. The van der Waals surface area contributed by atoms with Gasteiger partial charge in [0.2, 0.25) is 11.8 Å². The molecule has 0 unspecified atom stereocenters. The fourth-order valence-corrected chi connectivity index (χ4v) is 1.82. The van der Waals surface area contributed by atoms with Gasteiger partial charge in [-0.2, -0.15) is 0 Å². The second-order valence-electron chi connectivity index (χ2n) is 4.04. The quantitative estimate of drug-likeness (QED) is 0.834. The largest absolute Gasteiger partial charge is 0.353 e. The van der Waals surface area contributed by atoms with Gasteiger partial charge in [-0.3, -0.25) is 9.59 Å². The Labute approximate surface area is 103 Å². The summed E-state index contributed by atoms with van der Waals surface area (Å²) in [5.41, 5.74) is -0.256. The minimum atomic E-state index is -0.746. The van der Waals surface area contributed by atoms with Crippen LogP contribution in [0.2, 0.25) is 0 Å². The highest BCUT2D eigenvalue weighted by Gasteiger charge is 2.23. The highest BCUT2D eigenvalue weighted by atomic mass is 19.1. The van der Waals surface area contributed by atoms with E-state index in [1.54, 1.807) is 0 Å². The molecule has 96 valence electrons. The van der Waals surface area contributed by atoms with Crippen molar-refractivity contribution in [3.8, 4) is 0 Å². The number of benzene rings is 1. The first kappa shape index (κ1) is 12.5. The van der Waals surface area contributed by atoms with Gasteiger partial charge in [0.05, 0.1) is 13.0 Å². The Balaban J connectivity index is 2.09. The van der Waals surface area contributed by atoms with Crippen molar-refractivity contribution >= 4 is 11.8 Å².